The van der Waals surface area contributed by atoms with Crippen molar-refractivity contribution < 1.29 is 4.79 Å². The third-order valence-corrected chi connectivity index (χ3v) is 4.72. The van der Waals surface area contributed by atoms with Gasteiger partial charge in [0.1, 0.15) is 0 Å². The van der Waals surface area contributed by atoms with E-state index in [1.54, 1.807) is 11.9 Å². The Hall–Kier alpha value is -1.38. The molecule has 0 aromatic carbocycles. The van der Waals surface area contributed by atoms with Crippen LogP contribution in [0.15, 0.2) is 11.4 Å². The van der Waals surface area contributed by atoms with E-state index in [2.05, 4.69) is 29.3 Å². The molecule has 1 atom stereocenters. The van der Waals surface area contributed by atoms with Gasteiger partial charge in [0.05, 0.1) is 19.0 Å². The van der Waals surface area contributed by atoms with Gasteiger partial charge in [0, 0.05) is 31.1 Å². The lowest BCUT2D eigenvalue weighted by Crippen LogP contribution is -2.42. The van der Waals surface area contributed by atoms with E-state index in [1.165, 1.54) is 10.4 Å². The number of likely N-dealkylation sites (N-methyl/N-ethyl adjacent to an activating group) is 1. The molecule has 1 aromatic heterocycles. The molecule has 0 spiro atoms. The first kappa shape index (κ1) is 14.0. The summed E-state index contributed by atoms with van der Waals surface area (Å²) in [4.78, 5) is 17.4. The maximum atomic E-state index is 12.1. The monoisotopic (exact) mass is 277 g/mol. The maximum absolute atomic E-state index is 12.1. The Morgan fingerprint density at radius 2 is 2.47 bits per heavy atom. The average molecular weight is 277 g/mol. The minimum Gasteiger partial charge on any atom is -0.344 e. The van der Waals surface area contributed by atoms with Crippen LogP contribution >= 0.6 is 11.3 Å². The highest BCUT2D eigenvalue weighted by Crippen LogP contribution is 2.32. The predicted molar refractivity (Wildman–Crippen MR) is 75.9 cm³/mol. The van der Waals surface area contributed by atoms with E-state index in [0.717, 1.165) is 13.0 Å². The minimum absolute atomic E-state index is 0.0979. The second kappa shape index (κ2) is 6.18. The van der Waals surface area contributed by atoms with Gasteiger partial charge in [-0.1, -0.05) is 0 Å². The van der Waals surface area contributed by atoms with Gasteiger partial charge >= 0.3 is 0 Å². The molecule has 0 aliphatic carbocycles. The Morgan fingerprint density at radius 1 is 1.68 bits per heavy atom. The number of rotatable bonds is 4. The van der Waals surface area contributed by atoms with Crippen LogP contribution in [0.3, 0.4) is 0 Å². The molecule has 0 radical (unpaired) electrons. The van der Waals surface area contributed by atoms with Crippen LogP contribution in [0, 0.1) is 11.3 Å². The van der Waals surface area contributed by atoms with Crippen molar-refractivity contribution in [2.24, 2.45) is 0 Å². The second-order valence-corrected chi connectivity index (χ2v) is 5.92. The lowest BCUT2D eigenvalue weighted by molar-refractivity contribution is -0.131. The fourth-order valence-corrected chi connectivity index (χ4v) is 3.38. The zero-order chi connectivity index (χ0) is 13.8. The minimum atomic E-state index is 0.0979. The van der Waals surface area contributed by atoms with Gasteiger partial charge in [0.15, 0.2) is 0 Å². The van der Waals surface area contributed by atoms with E-state index in [-0.39, 0.29) is 5.91 Å². The Labute approximate surface area is 118 Å². The van der Waals surface area contributed by atoms with Crippen molar-refractivity contribution in [3.05, 3.63) is 21.9 Å². The van der Waals surface area contributed by atoms with Crippen LogP contribution in [0.4, 0.5) is 0 Å². The van der Waals surface area contributed by atoms with Gasteiger partial charge < -0.3 is 4.90 Å². The van der Waals surface area contributed by atoms with Gasteiger partial charge in [-0.05, 0) is 30.4 Å². The van der Waals surface area contributed by atoms with Crippen LogP contribution in [-0.2, 0) is 11.2 Å². The Bertz CT molecular complexity index is 491. The third kappa shape index (κ3) is 3.14. The van der Waals surface area contributed by atoms with Crippen LogP contribution in [0.2, 0.25) is 0 Å². The predicted octanol–water partition coefficient (Wildman–Crippen LogP) is 2.04. The fraction of sp³-hybridized carbons (Fsp3) is 0.571. The first-order valence-electron chi connectivity index (χ1n) is 6.54. The number of thiophene rings is 1. The van der Waals surface area contributed by atoms with E-state index in [9.17, 15) is 4.79 Å². The second-order valence-electron chi connectivity index (χ2n) is 4.92. The molecule has 1 aliphatic heterocycles. The molecule has 19 heavy (non-hydrogen) atoms. The van der Waals surface area contributed by atoms with Gasteiger partial charge in [-0.2, -0.15) is 5.26 Å². The van der Waals surface area contributed by atoms with Crippen molar-refractivity contribution >= 4 is 17.2 Å². The molecule has 102 valence electrons. The summed E-state index contributed by atoms with van der Waals surface area (Å²) in [6, 6.07) is 4.55. The van der Waals surface area contributed by atoms with E-state index in [4.69, 9.17) is 5.26 Å². The van der Waals surface area contributed by atoms with Crippen LogP contribution in [0.25, 0.3) is 0 Å². The number of hydrogen-bond acceptors (Lipinski definition) is 4. The summed E-state index contributed by atoms with van der Waals surface area (Å²) in [5.74, 6) is 0.0979. The molecule has 0 fully saturated rings. The molecule has 0 saturated carbocycles. The van der Waals surface area contributed by atoms with Gasteiger partial charge in [0.2, 0.25) is 5.91 Å². The first-order valence-corrected chi connectivity index (χ1v) is 7.42. The number of nitriles is 1. The van der Waals surface area contributed by atoms with E-state index in [0.29, 0.717) is 25.6 Å². The van der Waals surface area contributed by atoms with E-state index >= 15 is 0 Å². The SMILES string of the molecule is CC1c2ccsc2CCN1CC(=O)N(C)CCC#N. The van der Waals surface area contributed by atoms with Gasteiger partial charge in [-0.3, -0.25) is 9.69 Å². The highest BCUT2D eigenvalue weighted by molar-refractivity contribution is 7.10. The summed E-state index contributed by atoms with van der Waals surface area (Å²) in [5.41, 5.74) is 1.36. The van der Waals surface area contributed by atoms with Crippen LogP contribution in [0.5, 0.6) is 0 Å². The first-order chi connectivity index (χ1) is 9.13. The van der Waals surface area contributed by atoms with Crippen LogP contribution in [0.1, 0.15) is 29.8 Å². The molecular weight excluding hydrogens is 258 g/mol. The fourth-order valence-electron chi connectivity index (χ4n) is 2.41. The Kier molecular flexibility index (Phi) is 4.56. The molecule has 5 heteroatoms. The highest BCUT2D eigenvalue weighted by Gasteiger charge is 2.26. The molecule has 2 heterocycles. The highest BCUT2D eigenvalue weighted by atomic mass is 32.1. The van der Waals surface area contributed by atoms with E-state index in [1.807, 2.05) is 11.3 Å². The van der Waals surface area contributed by atoms with Crippen LogP contribution in [-0.4, -0.2) is 42.4 Å². The van der Waals surface area contributed by atoms with Crippen molar-refractivity contribution in [2.75, 3.05) is 26.7 Å². The standard InChI is InChI=1S/C14H19N3OS/c1-11-12-5-9-19-13(12)4-8-17(11)10-14(18)16(2)7-3-6-15/h5,9,11H,3-4,7-8,10H2,1-2H3. The lowest BCUT2D eigenvalue weighted by atomic mass is 10.0. The molecule has 1 unspecified atom stereocenters. The normalized spacial score (nSPS) is 18.7. The van der Waals surface area contributed by atoms with Gasteiger partial charge in [-0.25, -0.2) is 0 Å². The lowest BCUT2D eigenvalue weighted by Gasteiger charge is -2.34. The number of fused-ring (bicyclic) bond motifs is 1. The van der Waals surface area contributed by atoms with Crippen molar-refractivity contribution in [3.63, 3.8) is 0 Å². The molecule has 0 N–H and O–H groups in total. The van der Waals surface area contributed by atoms with Gasteiger partial charge in [0.25, 0.3) is 0 Å². The molecule has 0 bridgehead atoms. The number of nitrogens with zero attached hydrogens (tertiary/aromatic N) is 3. The van der Waals surface area contributed by atoms with Crippen molar-refractivity contribution in [3.8, 4) is 6.07 Å². The average Bonchev–Trinajstić information content (AvgIpc) is 2.88. The summed E-state index contributed by atoms with van der Waals surface area (Å²) in [5, 5.41) is 10.7. The smallest absolute Gasteiger partial charge is 0.236 e. The quantitative estimate of drug-likeness (QED) is 0.846. The van der Waals surface area contributed by atoms with Crippen LogP contribution < -0.4 is 0 Å². The molecule has 1 amide bonds. The topological polar surface area (TPSA) is 47.3 Å². The molecular formula is C14H19N3OS. The molecule has 4 nitrogen and oxygen atoms in total. The largest absolute Gasteiger partial charge is 0.344 e. The number of hydrogen-bond donors (Lipinski definition) is 0. The van der Waals surface area contributed by atoms with Crippen molar-refractivity contribution in [1.82, 2.24) is 9.80 Å². The summed E-state index contributed by atoms with van der Waals surface area (Å²) >= 11 is 1.81. The zero-order valence-electron chi connectivity index (χ0n) is 11.4. The Morgan fingerprint density at radius 3 is 3.21 bits per heavy atom. The summed E-state index contributed by atoms with van der Waals surface area (Å²) in [7, 11) is 1.77. The number of carbonyl (C=O) groups is 1. The molecule has 1 aliphatic rings. The van der Waals surface area contributed by atoms with Crippen molar-refractivity contribution in [1.29, 1.82) is 5.26 Å². The van der Waals surface area contributed by atoms with Crippen molar-refractivity contribution in [2.45, 2.75) is 25.8 Å². The maximum Gasteiger partial charge on any atom is 0.236 e. The molecule has 1 aromatic rings. The number of carbonyl (C=O) groups excluding carboxylic acids is 1. The summed E-state index contributed by atoms with van der Waals surface area (Å²) < 4.78 is 0. The van der Waals surface area contributed by atoms with Gasteiger partial charge in [-0.15, -0.1) is 11.3 Å². The summed E-state index contributed by atoms with van der Waals surface area (Å²) in [6.45, 7) is 4.05. The zero-order valence-corrected chi connectivity index (χ0v) is 12.2. The molecule has 2 rings (SSSR count). The summed E-state index contributed by atoms with van der Waals surface area (Å²) in [6.07, 6.45) is 1.43. The molecule has 0 saturated heterocycles. The third-order valence-electron chi connectivity index (χ3n) is 3.73. The number of amides is 1. The van der Waals surface area contributed by atoms with E-state index < -0.39 is 0 Å². The Balaban J connectivity index is 1.94.